The third-order valence-electron chi connectivity index (χ3n) is 10.9. The van der Waals surface area contributed by atoms with Crippen LogP contribution in [0.25, 0.3) is 0 Å². The quantitative estimate of drug-likeness (QED) is 0.0571. The molecule has 0 aromatic heterocycles. The van der Waals surface area contributed by atoms with Crippen LogP contribution < -0.4 is 43.0 Å². The molecule has 0 bridgehead atoms. The number of carboxylic acid groups (broad SMARTS) is 1. The number of carbonyl (C=O) groups is 10. The van der Waals surface area contributed by atoms with Crippen molar-refractivity contribution < 1.29 is 53.1 Å². The van der Waals surface area contributed by atoms with Crippen LogP contribution in [-0.2, 0) is 54.4 Å². The van der Waals surface area contributed by atoms with E-state index >= 15 is 0 Å². The Bertz CT molecular complexity index is 1840. The van der Waals surface area contributed by atoms with Gasteiger partial charge in [0.1, 0.15) is 42.8 Å². The fourth-order valence-corrected chi connectivity index (χ4v) is 7.61. The van der Waals surface area contributed by atoms with Crippen molar-refractivity contribution in [3.05, 3.63) is 35.9 Å². The van der Waals surface area contributed by atoms with Crippen molar-refractivity contribution in [3.8, 4) is 0 Å². The van der Waals surface area contributed by atoms with Crippen LogP contribution in [0.4, 0.5) is 0 Å². The number of likely N-dealkylation sites (tertiary alicyclic amines) is 2. The number of carboxylic acids is 1. The molecule has 2 aliphatic rings. The number of hydrogen-bond acceptors (Lipinski definition) is 11. The molecular weight excluding hydrogens is 833 g/mol. The van der Waals surface area contributed by atoms with Gasteiger partial charge in [0.25, 0.3) is 0 Å². The van der Waals surface area contributed by atoms with Crippen LogP contribution in [0, 0.1) is 17.8 Å². The summed E-state index contributed by atoms with van der Waals surface area (Å²) in [4.78, 5) is 133. The number of hydrogen-bond donors (Lipinski definition) is 9. The molecule has 354 valence electrons. The zero-order chi connectivity index (χ0) is 47.7. The molecule has 10 N–H and O–H groups in total. The van der Waals surface area contributed by atoms with Gasteiger partial charge in [-0.3, -0.25) is 47.9 Å². The van der Waals surface area contributed by atoms with Crippen LogP contribution in [0.2, 0.25) is 0 Å². The summed E-state index contributed by atoms with van der Waals surface area (Å²) in [5.41, 5.74) is 6.13. The zero-order valence-electron chi connectivity index (χ0n) is 37.6. The molecule has 3 rings (SSSR count). The monoisotopic (exact) mass is 898 g/mol. The van der Waals surface area contributed by atoms with Crippen LogP contribution in [0.5, 0.6) is 0 Å². The Morgan fingerprint density at radius 2 is 1.14 bits per heavy atom. The standard InChI is InChI=1S/C43H66N10O11/c1-24(2)18-29(49-32(54)20-44)42(63)52-16-10-14-30(52)39(60)46-22-34(56)50-37(26(5)6)43(64)53-17-11-15-31(53)40(61)45-21-33(55)48-28(19-27-12-8-7-9-13-27)38(59)51-36(25(3)4)41(62)47-23-35(57)58/h7-9,12-13,24-26,28-31,36-37H,10-11,14-23,44H2,1-6H3,(H,45,61)(H,46,60)(H,47,62)(H,48,55)(H,49,54)(H,50,56)(H,51,59)(H,57,58)/t28-,29-,30-,31-,36-,37-/m0/s1. The van der Waals surface area contributed by atoms with Crippen molar-refractivity contribution in [2.75, 3.05) is 39.3 Å². The first-order valence-corrected chi connectivity index (χ1v) is 21.8. The summed E-state index contributed by atoms with van der Waals surface area (Å²) in [6, 6.07) is 2.67. The molecule has 2 heterocycles. The molecule has 21 nitrogen and oxygen atoms in total. The van der Waals surface area contributed by atoms with Gasteiger partial charge in [-0.2, -0.15) is 0 Å². The maximum absolute atomic E-state index is 13.9. The van der Waals surface area contributed by atoms with E-state index in [4.69, 9.17) is 10.8 Å². The molecule has 1 aromatic carbocycles. The minimum absolute atomic E-state index is 0.0267. The summed E-state index contributed by atoms with van der Waals surface area (Å²) >= 11 is 0. The number of carbonyl (C=O) groups excluding carboxylic acids is 9. The van der Waals surface area contributed by atoms with Gasteiger partial charge in [0.05, 0.1) is 19.6 Å². The molecule has 0 radical (unpaired) electrons. The lowest BCUT2D eigenvalue weighted by Crippen LogP contribution is -2.58. The van der Waals surface area contributed by atoms with Crippen molar-refractivity contribution in [3.63, 3.8) is 0 Å². The Balaban J connectivity index is 1.61. The van der Waals surface area contributed by atoms with Gasteiger partial charge in [-0.1, -0.05) is 71.9 Å². The number of nitrogens with one attached hydrogen (secondary N) is 7. The smallest absolute Gasteiger partial charge is 0.322 e. The third kappa shape index (κ3) is 15.9. The van der Waals surface area contributed by atoms with Gasteiger partial charge in [0, 0.05) is 19.5 Å². The van der Waals surface area contributed by atoms with E-state index < -0.39 is 127 Å². The van der Waals surface area contributed by atoms with Gasteiger partial charge in [-0.05, 0) is 55.4 Å². The van der Waals surface area contributed by atoms with Crippen LogP contribution in [0.1, 0.15) is 79.2 Å². The van der Waals surface area contributed by atoms with E-state index in [2.05, 4.69) is 37.2 Å². The normalized spacial score (nSPS) is 17.8. The Morgan fingerprint density at radius 3 is 1.64 bits per heavy atom. The third-order valence-corrected chi connectivity index (χ3v) is 10.9. The molecule has 0 saturated carbocycles. The van der Waals surface area contributed by atoms with Crippen molar-refractivity contribution in [1.29, 1.82) is 0 Å². The lowest BCUT2D eigenvalue weighted by Gasteiger charge is -2.31. The largest absolute Gasteiger partial charge is 0.480 e. The molecule has 21 heteroatoms. The molecule has 2 aliphatic heterocycles. The SMILES string of the molecule is CC(C)C[C@H](NC(=O)CN)C(=O)N1CCC[C@H]1C(=O)NCC(=O)N[C@H](C(=O)N1CCC[C@H]1C(=O)NCC(=O)N[C@@H](Cc1ccccc1)C(=O)N[C@H](C(=O)NCC(=O)O)C(C)C)C(C)C. The van der Waals surface area contributed by atoms with E-state index in [1.807, 2.05) is 13.8 Å². The van der Waals surface area contributed by atoms with Gasteiger partial charge in [0.2, 0.25) is 53.2 Å². The highest BCUT2D eigenvalue weighted by molar-refractivity contribution is 5.97. The molecular formula is C43H66N10O11. The Labute approximate surface area is 373 Å². The highest BCUT2D eigenvalue weighted by Gasteiger charge is 2.40. The van der Waals surface area contributed by atoms with Crippen molar-refractivity contribution in [1.82, 2.24) is 47.0 Å². The molecule has 64 heavy (non-hydrogen) atoms. The zero-order valence-corrected chi connectivity index (χ0v) is 37.6. The fourth-order valence-electron chi connectivity index (χ4n) is 7.61. The first-order chi connectivity index (χ1) is 30.2. The Morgan fingerprint density at radius 1 is 0.625 bits per heavy atom. The second-order valence-electron chi connectivity index (χ2n) is 17.2. The van der Waals surface area contributed by atoms with Gasteiger partial charge in [-0.25, -0.2) is 0 Å². The second kappa shape index (κ2) is 25.2. The van der Waals surface area contributed by atoms with E-state index in [1.165, 1.54) is 9.80 Å². The first kappa shape index (κ1) is 52.2. The lowest BCUT2D eigenvalue weighted by molar-refractivity contribution is -0.143. The van der Waals surface area contributed by atoms with Crippen LogP contribution in [-0.4, -0.2) is 150 Å². The fraction of sp³-hybridized carbons (Fsp3) is 0.628. The van der Waals surface area contributed by atoms with Crippen molar-refractivity contribution in [2.45, 2.75) is 116 Å². The van der Waals surface area contributed by atoms with Gasteiger partial charge in [-0.15, -0.1) is 0 Å². The molecule has 9 amide bonds. The molecule has 0 aliphatic carbocycles. The minimum atomic E-state index is -1.26. The highest BCUT2D eigenvalue weighted by atomic mass is 16.4. The first-order valence-electron chi connectivity index (χ1n) is 21.8. The number of amides is 9. The molecule has 2 saturated heterocycles. The molecule has 0 unspecified atom stereocenters. The van der Waals surface area contributed by atoms with Gasteiger partial charge in [0.15, 0.2) is 0 Å². The topological polar surface area (TPSA) is 308 Å². The summed E-state index contributed by atoms with van der Waals surface area (Å²) in [6.45, 7) is 9.04. The van der Waals surface area contributed by atoms with Gasteiger partial charge < -0.3 is 57.9 Å². The summed E-state index contributed by atoms with van der Waals surface area (Å²) in [5, 5.41) is 26.9. The maximum Gasteiger partial charge on any atom is 0.322 e. The van der Waals surface area contributed by atoms with Crippen molar-refractivity contribution >= 4 is 59.1 Å². The number of benzene rings is 1. The second-order valence-corrected chi connectivity index (χ2v) is 17.2. The predicted octanol–water partition coefficient (Wildman–Crippen LogP) is -2.10. The molecule has 6 atom stereocenters. The predicted molar refractivity (Wildman–Crippen MR) is 232 cm³/mol. The number of aliphatic carboxylic acids is 1. The average Bonchev–Trinajstić information content (AvgIpc) is 3.95. The summed E-state index contributed by atoms with van der Waals surface area (Å²) in [6.07, 6.45) is 2.00. The van der Waals surface area contributed by atoms with E-state index in [0.717, 1.165) is 0 Å². The number of nitrogens with two attached hydrogens (primary N) is 1. The average molecular weight is 899 g/mol. The summed E-state index contributed by atoms with van der Waals surface area (Å²) in [7, 11) is 0. The maximum atomic E-state index is 13.9. The van der Waals surface area contributed by atoms with Crippen LogP contribution >= 0.6 is 0 Å². The number of nitrogens with zero attached hydrogens (tertiary/aromatic N) is 2. The number of rotatable bonds is 23. The van der Waals surface area contributed by atoms with E-state index in [1.54, 1.807) is 58.0 Å². The summed E-state index contributed by atoms with van der Waals surface area (Å²) in [5.74, 6) is -7.53. The van der Waals surface area contributed by atoms with Crippen molar-refractivity contribution in [2.24, 2.45) is 23.5 Å². The lowest BCUT2D eigenvalue weighted by atomic mass is 10.0. The Hall–Kier alpha value is -6.12. The summed E-state index contributed by atoms with van der Waals surface area (Å²) < 4.78 is 0. The van der Waals surface area contributed by atoms with E-state index in [-0.39, 0.29) is 31.8 Å². The highest BCUT2D eigenvalue weighted by Crippen LogP contribution is 2.22. The van der Waals surface area contributed by atoms with Gasteiger partial charge >= 0.3 is 5.97 Å². The minimum Gasteiger partial charge on any atom is -0.480 e. The Kier molecular flexibility index (Phi) is 20.6. The molecule has 2 fully saturated rings. The molecule has 1 aromatic rings. The molecule has 0 spiro atoms. The van der Waals surface area contributed by atoms with E-state index in [0.29, 0.717) is 37.8 Å². The van der Waals surface area contributed by atoms with Crippen LogP contribution in [0.3, 0.4) is 0 Å². The van der Waals surface area contributed by atoms with E-state index in [9.17, 15) is 47.9 Å². The van der Waals surface area contributed by atoms with Crippen LogP contribution in [0.15, 0.2) is 30.3 Å².